The molecule has 2 N–H and O–H groups in total. The van der Waals surface area contributed by atoms with Crippen molar-refractivity contribution in [2.45, 2.75) is 129 Å². The zero-order chi connectivity index (χ0) is 27.8. The number of hydrogen-bond acceptors (Lipinski definition) is 8. The van der Waals surface area contributed by atoms with Crippen molar-refractivity contribution in [2.75, 3.05) is 39.5 Å². The number of nitrogens with one attached hydrogen (secondary N) is 1. The first-order chi connectivity index (χ1) is 18.5. The van der Waals surface area contributed by atoms with Gasteiger partial charge in [0.05, 0.1) is 12.6 Å². The highest BCUT2D eigenvalue weighted by Gasteiger charge is 2.28. The van der Waals surface area contributed by atoms with Gasteiger partial charge in [-0.25, -0.2) is 4.79 Å². The fraction of sp³-hybridized carbons (Fsp3) is 0.897. The number of ether oxygens (including phenoxy) is 3. The highest BCUT2D eigenvalue weighted by Crippen LogP contribution is 2.12. The second kappa shape index (κ2) is 23.1. The summed E-state index contributed by atoms with van der Waals surface area (Å²) in [4.78, 5) is 38.8. The molecule has 0 radical (unpaired) electrons. The average Bonchev–Trinajstić information content (AvgIpc) is 2.88. The van der Waals surface area contributed by atoms with Crippen LogP contribution in [-0.2, 0) is 23.8 Å². The lowest BCUT2D eigenvalue weighted by Gasteiger charge is -2.38. The van der Waals surface area contributed by atoms with Crippen LogP contribution >= 0.6 is 0 Å². The first kappa shape index (κ1) is 34.2. The minimum Gasteiger partial charge on any atom is -0.462 e. The number of carbonyl (C=O) groups excluding carboxylic acids is 3. The lowest BCUT2D eigenvalue weighted by atomic mass is 10.1. The van der Waals surface area contributed by atoms with Crippen molar-refractivity contribution in [1.82, 2.24) is 10.2 Å². The van der Waals surface area contributed by atoms with Gasteiger partial charge in [-0.05, 0) is 12.8 Å². The summed E-state index contributed by atoms with van der Waals surface area (Å²) < 4.78 is 16.2. The quantitative estimate of drug-likeness (QED) is 0.0981. The van der Waals surface area contributed by atoms with E-state index in [9.17, 15) is 14.4 Å². The molecule has 222 valence electrons. The van der Waals surface area contributed by atoms with Gasteiger partial charge in [-0.1, -0.05) is 90.9 Å². The van der Waals surface area contributed by atoms with Gasteiger partial charge in [-0.2, -0.15) is 0 Å². The van der Waals surface area contributed by atoms with Crippen molar-refractivity contribution in [3.8, 4) is 0 Å². The molecule has 0 aromatic rings. The van der Waals surface area contributed by atoms with Crippen LogP contribution in [0, 0.1) is 0 Å². The Morgan fingerprint density at radius 2 is 1.26 bits per heavy atom. The maximum Gasteiger partial charge on any atom is 0.407 e. The molecule has 0 saturated carbocycles. The first-order valence-corrected chi connectivity index (χ1v) is 15.1. The molecule has 0 spiro atoms. The summed E-state index contributed by atoms with van der Waals surface area (Å²) >= 11 is 0. The van der Waals surface area contributed by atoms with Gasteiger partial charge in [0.1, 0.15) is 13.2 Å². The molecule has 1 saturated heterocycles. The molecule has 1 heterocycles. The zero-order valence-corrected chi connectivity index (χ0v) is 24.1. The number of nitrogens with zero attached hydrogens (tertiary/aromatic N) is 1. The molecule has 1 unspecified atom stereocenters. The normalized spacial score (nSPS) is 14.5. The molecule has 9 heteroatoms. The lowest BCUT2D eigenvalue weighted by Crippen LogP contribution is -2.59. The molecule has 0 aromatic heterocycles. The van der Waals surface area contributed by atoms with Gasteiger partial charge in [-0.3, -0.25) is 14.5 Å². The van der Waals surface area contributed by atoms with Crippen molar-refractivity contribution < 1.29 is 33.7 Å². The van der Waals surface area contributed by atoms with E-state index in [2.05, 4.69) is 19.2 Å². The topological polar surface area (TPSA) is 114 Å². The number of unbranched alkanes of at least 4 members (excludes halogenated alkanes) is 12. The van der Waals surface area contributed by atoms with E-state index in [-0.39, 0.29) is 37.8 Å². The second-order valence-corrected chi connectivity index (χ2v) is 10.5. The van der Waals surface area contributed by atoms with Crippen LogP contribution in [0.15, 0.2) is 0 Å². The highest BCUT2D eigenvalue weighted by atomic mass is 16.6. The molecule has 1 fully saturated rings. The molecule has 38 heavy (non-hydrogen) atoms. The molecule has 1 aliphatic rings. The summed E-state index contributed by atoms with van der Waals surface area (Å²) in [5, 5.41) is 11.7. The summed E-state index contributed by atoms with van der Waals surface area (Å²) in [6.45, 7) is 6.05. The molecular weight excluding hydrogens is 488 g/mol. The Morgan fingerprint density at radius 1 is 0.763 bits per heavy atom. The Bertz CT molecular complexity index is 626. The number of rotatable bonds is 24. The van der Waals surface area contributed by atoms with Gasteiger partial charge < -0.3 is 24.6 Å². The summed E-state index contributed by atoms with van der Waals surface area (Å²) in [7, 11) is 0. The Morgan fingerprint density at radius 3 is 1.82 bits per heavy atom. The second-order valence-electron chi connectivity index (χ2n) is 10.5. The third-order valence-electron chi connectivity index (χ3n) is 6.79. The fourth-order valence-corrected chi connectivity index (χ4v) is 4.43. The molecule has 1 amide bonds. The molecular formula is C29H54N2O7. The van der Waals surface area contributed by atoms with Crippen LogP contribution in [0.5, 0.6) is 0 Å². The van der Waals surface area contributed by atoms with E-state index in [4.69, 9.17) is 19.3 Å². The summed E-state index contributed by atoms with van der Waals surface area (Å²) in [6.07, 6.45) is 14.7. The molecule has 1 atom stereocenters. The molecule has 0 bridgehead atoms. The van der Waals surface area contributed by atoms with E-state index in [1.54, 1.807) is 0 Å². The van der Waals surface area contributed by atoms with Gasteiger partial charge >= 0.3 is 18.0 Å². The van der Waals surface area contributed by atoms with Gasteiger partial charge in [-0.15, -0.1) is 0 Å². The summed E-state index contributed by atoms with van der Waals surface area (Å²) in [5.74, 6) is -0.691. The third-order valence-corrected chi connectivity index (χ3v) is 6.79. The number of alkyl carbamates (subject to hydrolysis) is 1. The standard InChI is InChI=1S/C29H54N2O7/c1-3-5-7-9-11-13-15-17-27(33)36-23-26(38-28(34)18-16-14-12-10-8-6-4-2)24-37-29(35)30-25-21-31(22-25)19-20-32/h25-26,32H,3-24H2,1-2H3,(H,30,35). The number of likely N-dealkylation sites (tertiary alicyclic amines) is 1. The Kier molecular flexibility index (Phi) is 20.7. The number of amides is 1. The smallest absolute Gasteiger partial charge is 0.407 e. The van der Waals surface area contributed by atoms with Crippen LogP contribution < -0.4 is 5.32 Å². The lowest BCUT2D eigenvalue weighted by molar-refractivity contribution is -0.161. The number of hydrogen-bond donors (Lipinski definition) is 2. The van der Waals surface area contributed by atoms with E-state index < -0.39 is 12.2 Å². The maximum absolute atomic E-state index is 12.4. The van der Waals surface area contributed by atoms with E-state index in [0.29, 0.717) is 32.5 Å². The summed E-state index contributed by atoms with van der Waals surface area (Å²) in [5.41, 5.74) is 0. The van der Waals surface area contributed by atoms with Crippen molar-refractivity contribution in [3.05, 3.63) is 0 Å². The Hall–Kier alpha value is -1.87. The van der Waals surface area contributed by atoms with E-state index >= 15 is 0 Å². The SMILES string of the molecule is CCCCCCCCCC(=O)OCC(COC(=O)NC1CN(CCO)C1)OC(=O)CCCCCCCCC. The van der Waals surface area contributed by atoms with Crippen molar-refractivity contribution in [2.24, 2.45) is 0 Å². The van der Waals surface area contributed by atoms with Crippen molar-refractivity contribution >= 4 is 18.0 Å². The monoisotopic (exact) mass is 542 g/mol. The fourth-order valence-electron chi connectivity index (χ4n) is 4.43. The van der Waals surface area contributed by atoms with E-state index in [1.807, 2.05) is 4.90 Å². The van der Waals surface area contributed by atoms with Crippen LogP contribution in [0.2, 0.25) is 0 Å². The average molecular weight is 543 g/mol. The Balaban J connectivity index is 2.35. The predicted molar refractivity (Wildman–Crippen MR) is 148 cm³/mol. The predicted octanol–water partition coefficient (Wildman–Crippen LogP) is 5.13. The van der Waals surface area contributed by atoms with Gasteiger partial charge in [0.2, 0.25) is 0 Å². The van der Waals surface area contributed by atoms with Crippen LogP contribution in [0.25, 0.3) is 0 Å². The molecule has 0 aliphatic carbocycles. The van der Waals surface area contributed by atoms with Crippen LogP contribution in [-0.4, -0.2) is 79.6 Å². The minimum absolute atomic E-state index is 0.0350. The van der Waals surface area contributed by atoms with E-state index in [0.717, 1.165) is 38.5 Å². The summed E-state index contributed by atoms with van der Waals surface area (Å²) in [6, 6.07) is -0.0350. The van der Waals surface area contributed by atoms with Crippen LogP contribution in [0.4, 0.5) is 4.79 Å². The van der Waals surface area contributed by atoms with Crippen molar-refractivity contribution in [3.63, 3.8) is 0 Å². The van der Waals surface area contributed by atoms with Gasteiger partial charge in [0.15, 0.2) is 6.10 Å². The number of aliphatic hydroxyl groups is 1. The highest BCUT2D eigenvalue weighted by molar-refractivity contribution is 5.70. The molecule has 1 aliphatic heterocycles. The number of β-amino-alcohol motifs (C(OH)–C–C–N with tert-alkyl or cyclic N) is 1. The van der Waals surface area contributed by atoms with Crippen LogP contribution in [0.1, 0.15) is 117 Å². The largest absolute Gasteiger partial charge is 0.462 e. The maximum atomic E-state index is 12.4. The zero-order valence-electron chi connectivity index (χ0n) is 24.1. The van der Waals surface area contributed by atoms with Gasteiger partial charge in [0.25, 0.3) is 0 Å². The number of carbonyl (C=O) groups is 3. The van der Waals surface area contributed by atoms with E-state index in [1.165, 1.54) is 51.4 Å². The third kappa shape index (κ3) is 18.4. The van der Waals surface area contributed by atoms with Crippen LogP contribution in [0.3, 0.4) is 0 Å². The molecule has 1 rings (SSSR count). The first-order valence-electron chi connectivity index (χ1n) is 15.1. The molecule has 0 aromatic carbocycles. The minimum atomic E-state index is -0.830. The molecule has 9 nitrogen and oxygen atoms in total. The van der Waals surface area contributed by atoms with Crippen molar-refractivity contribution in [1.29, 1.82) is 0 Å². The number of esters is 2. The van der Waals surface area contributed by atoms with Gasteiger partial charge in [0, 0.05) is 32.5 Å². The Labute approximate surface area is 230 Å². The number of aliphatic hydroxyl groups excluding tert-OH is 1.